The van der Waals surface area contributed by atoms with Gasteiger partial charge in [0.15, 0.2) is 0 Å². The molecular weight excluding hydrogens is 569 g/mol. The van der Waals surface area contributed by atoms with Crippen LogP contribution in [0, 0.1) is 6.92 Å². The fraction of sp³-hybridized carbons (Fsp3) is 0.333. The molecule has 0 bridgehead atoms. The molecule has 3 aromatic rings. The lowest BCUT2D eigenvalue weighted by Crippen LogP contribution is -2.53. The highest BCUT2D eigenvalue weighted by atomic mass is 35.5. The van der Waals surface area contributed by atoms with Crippen molar-refractivity contribution in [3.05, 3.63) is 94.0 Å². The molecule has 0 saturated carbocycles. The zero-order valence-corrected chi connectivity index (χ0v) is 25.4. The lowest BCUT2D eigenvalue weighted by atomic mass is 10.1. The Balaban J connectivity index is 2.07. The molecule has 0 saturated heterocycles. The van der Waals surface area contributed by atoms with Gasteiger partial charge in [0.25, 0.3) is 10.0 Å². The topological polar surface area (TPSA) is 86.8 Å². The minimum atomic E-state index is -4.21. The first-order chi connectivity index (χ1) is 19.0. The van der Waals surface area contributed by atoms with E-state index in [2.05, 4.69) is 5.32 Å². The summed E-state index contributed by atoms with van der Waals surface area (Å²) in [7, 11) is -4.21. The van der Waals surface area contributed by atoms with E-state index in [-0.39, 0.29) is 34.1 Å². The summed E-state index contributed by atoms with van der Waals surface area (Å²) in [6.07, 6.45) is 1.07. The first kappa shape index (κ1) is 31.5. The Morgan fingerprint density at radius 3 is 2.15 bits per heavy atom. The van der Waals surface area contributed by atoms with Gasteiger partial charge in [0.1, 0.15) is 12.6 Å². The van der Waals surface area contributed by atoms with Crippen LogP contribution in [0.4, 0.5) is 5.69 Å². The Labute approximate surface area is 247 Å². The first-order valence-corrected chi connectivity index (χ1v) is 15.4. The molecule has 0 fully saturated rings. The van der Waals surface area contributed by atoms with Crippen molar-refractivity contribution in [1.82, 2.24) is 10.2 Å². The number of halogens is 2. The Hall–Kier alpha value is -3.07. The molecule has 7 nitrogen and oxygen atoms in total. The maximum Gasteiger partial charge on any atom is 0.264 e. The molecule has 0 aliphatic carbocycles. The lowest BCUT2D eigenvalue weighted by Gasteiger charge is -2.34. The smallest absolute Gasteiger partial charge is 0.264 e. The number of aryl methyl sites for hydroxylation is 1. The van der Waals surface area contributed by atoms with E-state index in [9.17, 15) is 18.0 Å². The fourth-order valence-corrected chi connectivity index (χ4v) is 6.18. The van der Waals surface area contributed by atoms with Crippen molar-refractivity contribution in [1.29, 1.82) is 0 Å². The number of carbonyl (C=O) groups is 2. The molecule has 2 amide bonds. The molecule has 0 aliphatic heterocycles. The molecule has 2 atom stereocenters. The Kier molecular flexibility index (Phi) is 11.0. The molecule has 10 heteroatoms. The normalized spacial score (nSPS) is 12.8. The molecule has 0 aliphatic rings. The van der Waals surface area contributed by atoms with E-state index < -0.39 is 28.5 Å². The van der Waals surface area contributed by atoms with Crippen molar-refractivity contribution in [3.63, 3.8) is 0 Å². The van der Waals surface area contributed by atoms with Gasteiger partial charge in [0.05, 0.1) is 15.6 Å². The number of benzene rings is 3. The zero-order chi connectivity index (χ0) is 29.4. The molecule has 3 rings (SSSR count). The molecule has 214 valence electrons. The van der Waals surface area contributed by atoms with E-state index in [1.165, 1.54) is 35.2 Å². The van der Waals surface area contributed by atoms with E-state index in [4.69, 9.17) is 23.2 Å². The summed E-state index contributed by atoms with van der Waals surface area (Å²) in [5.74, 6) is -0.837. The third-order valence-corrected chi connectivity index (χ3v) is 8.96. The van der Waals surface area contributed by atoms with E-state index in [0.717, 1.165) is 21.9 Å². The number of amides is 2. The minimum Gasteiger partial charge on any atom is -0.352 e. The molecule has 0 spiro atoms. The minimum absolute atomic E-state index is 0.000423. The first-order valence-electron chi connectivity index (χ1n) is 13.2. The van der Waals surface area contributed by atoms with Crippen LogP contribution in [0.3, 0.4) is 0 Å². The van der Waals surface area contributed by atoms with Crippen molar-refractivity contribution in [2.24, 2.45) is 0 Å². The molecule has 40 heavy (non-hydrogen) atoms. The maximum absolute atomic E-state index is 14.1. The zero-order valence-electron chi connectivity index (χ0n) is 23.1. The number of rotatable bonds is 12. The van der Waals surface area contributed by atoms with Gasteiger partial charge < -0.3 is 10.2 Å². The highest BCUT2D eigenvalue weighted by molar-refractivity contribution is 7.92. The second-order valence-corrected chi connectivity index (χ2v) is 12.4. The fourth-order valence-electron chi connectivity index (χ4n) is 4.17. The number of nitrogens with one attached hydrogen (secondary N) is 1. The average Bonchev–Trinajstić information content (AvgIpc) is 2.93. The summed E-state index contributed by atoms with van der Waals surface area (Å²) < 4.78 is 28.7. The largest absolute Gasteiger partial charge is 0.352 e. The third kappa shape index (κ3) is 7.77. The second kappa shape index (κ2) is 14.0. The van der Waals surface area contributed by atoms with Crippen LogP contribution in [0.1, 0.15) is 44.7 Å². The highest BCUT2D eigenvalue weighted by Crippen LogP contribution is 2.33. The maximum atomic E-state index is 14.1. The Morgan fingerprint density at radius 1 is 0.925 bits per heavy atom. The summed E-state index contributed by atoms with van der Waals surface area (Å²) >= 11 is 12.5. The quantitative estimate of drug-likeness (QED) is 0.266. The number of carbonyl (C=O) groups excluding carboxylic acids is 2. The van der Waals surface area contributed by atoms with Crippen LogP contribution in [0.15, 0.2) is 77.7 Å². The summed E-state index contributed by atoms with van der Waals surface area (Å²) in [6.45, 7) is 7.20. The van der Waals surface area contributed by atoms with Crippen LogP contribution in [0.5, 0.6) is 0 Å². The van der Waals surface area contributed by atoms with Crippen LogP contribution in [0.2, 0.25) is 10.0 Å². The average molecular weight is 605 g/mol. The van der Waals surface area contributed by atoms with Crippen LogP contribution in [-0.2, 0) is 26.2 Å². The van der Waals surface area contributed by atoms with Crippen molar-refractivity contribution < 1.29 is 18.0 Å². The summed E-state index contributed by atoms with van der Waals surface area (Å²) in [4.78, 5) is 28.9. The summed E-state index contributed by atoms with van der Waals surface area (Å²) in [6, 6.07) is 19.0. The number of anilines is 1. The van der Waals surface area contributed by atoms with Gasteiger partial charge in [0.2, 0.25) is 11.8 Å². The molecule has 1 N–H and O–H groups in total. The van der Waals surface area contributed by atoms with Crippen LogP contribution in [-0.4, -0.2) is 43.8 Å². The Bertz CT molecular complexity index is 1420. The van der Waals surface area contributed by atoms with Gasteiger partial charge in [-0.05, 0) is 62.6 Å². The van der Waals surface area contributed by atoms with Gasteiger partial charge in [-0.1, -0.05) is 85.1 Å². The van der Waals surface area contributed by atoms with Gasteiger partial charge in [-0.3, -0.25) is 13.9 Å². The Morgan fingerprint density at radius 2 is 1.57 bits per heavy atom. The third-order valence-electron chi connectivity index (χ3n) is 6.65. The van der Waals surface area contributed by atoms with Crippen molar-refractivity contribution in [3.8, 4) is 0 Å². The van der Waals surface area contributed by atoms with E-state index in [1.807, 2.05) is 52.0 Å². The van der Waals surface area contributed by atoms with Gasteiger partial charge in [-0.15, -0.1) is 0 Å². The van der Waals surface area contributed by atoms with E-state index in [0.29, 0.717) is 11.4 Å². The second-order valence-electron chi connectivity index (χ2n) is 9.67. The molecule has 0 unspecified atom stereocenters. The van der Waals surface area contributed by atoms with Gasteiger partial charge in [-0.2, -0.15) is 0 Å². The van der Waals surface area contributed by atoms with Crippen molar-refractivity contribution in [2.75, 3.05) is 10.8 Å². The molecule has 0 aromatic heterocycles. The van der Waals surface area contributed by atoms with Crippen molar-refractivity contribution >= 4 is 50.7 Å². The molecule has 0 radical (unpaired) electrons. The van der Waals surface area contributed by atoms with Gasteiger partial charge in [0, 0.05) is 17.6 Å². The monoisotopic (exact) mass is 603 g/mol. The van der Waals surface area contributed by atoms with E-state index in [1.54, 1.807) is 18.2 Å². The number of hydrogen-bond acceptors (Lipinski definition) is 4. The predicted octanol–water partition coefficient (Wildman–Crippen LogP) is 6.22. The number of sulfonamides is 1. The summed E-state index contributed by atoms with van der Waals surface area (Å²) in [5, 5.41) is 3.37. The standard InChI is InChI=1S/C30H35Cl2N3O4S/c1-5-22(4)33-30(37)27(6-2)34(19-23-14-12-21(3)13-15-23)29(36)20-35(28-17-16-24(31)18-26(28)32)40(38,39)25-10-8-7-9-11-25/h7-18,22,27H,5-6,19-20H2,1-4H3,(H,33,37)/t22-,27+/m0/s1. The van der Waals surface area contributed by atoms with Gasteiger partial charge >= 0.3 is 0 Å². The van der Waals surface area contributed by atoms with Gasteiger partial charge in [-0.25, -0.2) is 8.42 Å². The molecular formula is C30H35Cl2N3O4S. The van der Waals surface area contributed by atoms with Crippen LogP contribution in [0.25, 0.3) is 0 Å². The SMILES string of the molecule is CC[C@H](C(=O)N[C@@H](C)CC)N(Cc1ccc(C)cc1)C(=O)CN(c1ccc(Cl)cc1Cl)S(=O)(=O)c1ccccc1. The number of nitrogens with zero attached hydrogens (tertiary/aromatic N) is 2. The number of hydrogen-bond donors (Lipinski definition) is 1. The predicted molar refractivity (Wildman–Crippen MR) is 161 cm³/mol. The summed E-state index contributed by atoms with van der Waals surface area (Å²) in [5.41, 5.74) is 1.98. The van der Waals surface area contributed by atoms with Crippen molar-refractivity contribution in [2.45, 2.75) is 64.1 Å². The lowest BCUT2D eigenvalue weighted by molar-refractivity contribution is -0.140. The molecule has 0 heterocycles. The van der Waals surface area contributed by atoms with E-state index >= 15 is 0 Å². The van der Waals surface area contributed by atoms with Crippen LogP contribution >= 0.6 is 23.2 Å². The molecule has 3 aromatic carbocycles. The van der Waals surface area contributed by atoms with Crippen LogP contribution < -0.4 is 9.62 Å². The highest BCUT2D eigenvalue weighted by Gasteiger charge is 2.34.